The van der Waals surface area contributed by atoms with Gasteiger partial charge in [0.1, 0.15) is 5.75 Å². The zero-order valence-corrected chi connectivity index (χ0v) is 12.5. The highest BCUT2D eigenvalue weighted by Gasteiger charge is 2.12. The number of nitrogens with zero attached hydrogens (tertiary/aromatic N) is 3. The first-order chi connectivity index (χ1) is 11.5. The van der Waals surface area contributed by atoms with Crippen molar-refractivity contribution in [1.82, 2.24) is 0 Å². The highest BCUT2D eigenvalue weighted by atomic mass is 16.6. The van der Waals surface area contributed by atoms with Crippen LogP contribution in [0.3, 0.4) is 0 Å². The first-order valence-corrected chi connectivity index (χ1v) is 6.88. The molecule has 0 unspecified atom stereocenters. The number of nitro benzene ring substituents is 1. The molecule has 24 heavy (non-hydrogen) atoms. The quantitative estimate of drug-likeness (QED) is 0.336. The number of benzene rings is 2. The van der Waals surface area contributed by atoms with Crippen LogP contribution in [0.2, 0.25) is 0 Å². The van der Waals surface area contributed by atoms with E-state index >= 15 is 0 Å². The van der Waals surface area contributed by atoms with Crippen LogP contribution in [0.5, 0.6) is 5.75 Å². The Hall–Kier alpha value is -3.55. The van der Waals surface area contributed by atoms with Gasteiger partial charge in [-0.1, -0.05) is 0 Å². The maximum Gasteiger partial charge on any atom is 0.336 e. The van der Waals surface area contributed by atoms with E-state index in [0.717, 1.165) is 0 Å². The van der Waals surface area contributed by atoms with Crippen LogP contribution in [0, 0.1) is 17.0 Å². The molecular weight excluding hydrogens is 314 g/mol. The van der Waals surface area contributed by atoms with E-state index < -0.39 is 10.5 Å². The molecule has 8 heteroatoms. The van der Waals surface area contributed by atoms with Gasteiger partial charge in [-0.3, -0.25) is 10.1 Å². The van der Waals surface area contributed by atoms with Gasteiger partial charge in [0, 0.05) is 23.6 Å². The molecule has 0 amide bonds. The number of azo groups is 1. The summed E-state index contributed by atoms with van der Waals surface area (Å²) in [5.74, 6) is -0.193. The zero-order chi connectivity index (χ0) is 17.3. The number of aryl methyl sites for hydroxylation is 1. The van der Waals surface area contributed by atoms with Crippen LogP contribution in [-0.2, 0) is 0 Å². The van der Waals surface area contributed by atoms with Crippen LogP contribution in [0.15, 0.2) is 61.9 Å². The van der Waals surface area contributed by atoms with Crippen molar-refractivity contribution in [2.45, 2.75) is 6.92 Å². The van der Waals surface area contributed by atoms with Crippen molar-refractivity contribution in [3.05, 3.63) is 68.6 Å². The molecular formula is C16H11N3O5. The summed E-state index contributed by atoms with van der Waals surface area (Å²) in [5.41, 5.74) is 0.568. The Labute approximate surface area is 134 Å². The van der Waals surface area contributed by atoms with Gasteiger partial charge in [-0.05, 0) is 36.8 Å². The molecule has 0 radical (unpaired) electrons. The molecule has 3 aromatic rings. The first kappa shape index (κ1) is 15.3. The van der Waals surface area contributed by atoms with Gasteiger partial charge in [-0.2, -0.15) is 5.11 Å². The van der Waals surface area contributed by atoms with Gasteiger partial charge in [0.05, 0.1) is 10.6 Å². The first-order valence-electron chi connectivity index (χ1n) is 6.88. The summed E-state index contributed by atoms with van der Waals surface area (Å²) in [6, 6.07) is 9.82. The minimum atomic E-state index is -0.558. The highest BCUT2D eigenvalue weighted by molar-refractivity contribution is 5.92. The molecule has 0 aliphatic carbocycles. The zero-order valence-electron chi connectivity index (χ0n) is 12.5. The number of nitro groups is 1. The molecule has 120 valence electrons. The minimum Gasteiger partial charge on any atom is -0.505 e. The second-order valence-corrected chi connectivity index (χ2v) is 5.03. The second kappa shape index (κ2) is 5.92. The molecule has 1 N–H and O–H groups in total. The SMILES string of the molecule is Cc1cc(=O)oc2c(N=Nc3ccc([N+](=O)[O-])cc3)c(O)ccc12. The normalized spacial score (nSPS) is 11.2. The van der Waals surface area contributed by atoms with E-state index in [2.05, 4.69) is 10.2 Å². The fourth-order valence-electron chi connectivity index (χ4n) is 2.20. The number of fused-ring (bicyclic) bond motifs is 1. The molecule has 0 fully saturated rings. The summed E-state index contributed by atoms with van der Waals surface area (Å²) >= 11 is 0. The van der Waals surface area contributed by atoms with Crippen molar-refractivity contribution in [3.8, 4) is 5.75 Å². The van der Waals surface area contributed by atoms with Crippen LogP contribution < -0.4 is 5.63 Å². The largest absolute Gasteiger partial charge is 0.505 e. The Balaban J connectivity index is 2.07. The monoisotopic (exact) mass is 325 g/mol. The maximum absolute atomic E-state index is 11.6. The van der Waals surface area contributed by atoms with Crippen molar-refractivity contribution < 1.29 is 14.4 Å². The summed E-state index contributed by atoms with van der Waals surface area (Å²) in [6.07, 6.45) is 0. The smallest absolute Gasteiger partial charge is 0.336 e. The number of non-ortho nitro benzene ring substituents is 1. The Morgan fingerprint density at radius 2 is 1.83 bits per heavy atom. The number of hydrogen-bond acceptors (Lipinski definition) is 7. The molecule has 1 aromatic heterocycles. The molecule has 0 saturated carbocycles. The van der Waals surface area contributed by atoms with Crippen LogP contribution in [0.4, 0.5) is 17.1 Å². The summed E-state index contributed by atoms with van der Waals surface area (Å²) in [5, 5.41) is 29.1. The highest BCUT2D eigenvalue weighted by Crippen LogP contribution is 2.36. The third kappa shape index (κ3) is 2.84. The third-order valence-electron chi connectivity index (χ3n) is 3.40. The number of phenols is 1. The second-order valence-electron chi connectivity index (χ2n) is 5.03. The van der Waals surface area contributed by atoms with Gasteiger partial charge in [0.15, 0.2) is 11.3 Å². The topological polar surface area (TPSA) is 118 Å². The average molecular weight is 325 g/mol. The Kier molecular flexibility index (Phi) is 3.78. The van der Waals surface area contributed by atoms with Crippen LogP contribution in [0.1, 0.15) is 5.56 Å². The molecule has 0 atom stereocenters. The average Bonchev–Trinajstić information content (AvgIpc) is 2.54. The molecule has 0 saturated heterocycles. The van der Waals surface area contributed by atoms with Crippen molar-refractivity contribution >= 4 is 28.0 Å². The number of aromatic hydroxyl groups is 1. The fraction of sp³-hybridized carbons (Fsp3) is 0.0625. The lowest BCUT2D eigenvalue weighted by Crippen LogP contribution is -1.97. The van der Waals surface area contributed by atoms with E-state index in [4.69, 9.17) is 4.42 Å². The maximum atomic E-state index is 11.6. The minimum absolute atomic E-state index is 0.0200. The van der Waals surface area contributed by atoms with Gasteiger partial charge in [0.25, 0.3) is 5.69 Å². The van der Waals surface area contributed by atoms with Crippen LogP contribution >= 0.6 is 0 Å². The van der Waals surface area contributed by atoms with Crippen molar-refractivity contribution in [2.75, 3.05) is 0 Å². The van der Waals surface area contributed by atoms with Gasteiger partial charge in [0.2, 0.25) is 0 Å². The lowest BCUT2D eigenvalue weighted by molar-refractivity contribution is -0.384. The standard InChI is InChI=1S/C16H11N3O5/c1-9-8-14(21)24-16-12(9)6-7-13(20)15(16)18-17-10-2-4-11(5-3-10)19(22)23/h2-8,20H,1H3. The molecule has 3 rings (SSSR count). The Morgan fingerprint density at radius 3 is 2.50 bits per heavy atom. The molecule has 2 aromatic carbocycles. The van der Waals surface area contributed by atoms with E-state index in [0.29, 0.717) is 16.6 Å². The van der Waals surface area contributed by atoms with Crippen molar-refractivity contribution in [3.63, 3.8) is 0 Å². The fourth-order valence-corrected chi connectivity index (χ4v) is 2.20. The Morgan fingerprint density at radius 1 is 1.12 bits per heavy atom. The predicted octanol–water partition coefficient (Wildman–Crippen LogP) is 4.13. The van der Waals surface area contributed by atoms with E-state index in [1.54, 1.807) is 13.0 Å². The molecule has 1 heterocycles. The number of rotatable bonds is 3. The van der Waals surface area contributed by atoms with E-state index in [9.17, 15) is 20.0 Å². The van der Waals surface area contributed by atoms with E-state index in [1.807, 2.05) is 0 Å². The van der Waals surface area contributed by atoms with Gasteiger partial charge in [-0.25, -0.2) is 4.79 Å². The number of phenolic OH excluding ortho intramolecular Hbond substituents is 1. The summed E-state index contributed by atoms with van der Waals surface area (Å²) in [4.78, 5) is 21.7. The van der Waals surface area contributed by atoms with Gasteiger partial charge in [-0.15, -0.1) is 5.11 Å². The molecule has 0 aliphatic rings. The van der Waals surface area contributed by atoms with Crippen LogP contribution in [0.25, 0.3) is 11.0 Å². The molecule has 0 spiro atoms. The Bertz CT molecular complexity index is 1020. The predicted molar refractivity (Wildman–Crippen MR) is 86.2 cm³/mol. The summed E-state index contributed by atoms with van der Waals surface area (Å²) in [7, 11) is 0. The van der Waals surface area contributed by atoms with Crippen molar-refractivity contribution in [2.24, 2.45) is 10.2 Å². The number of hydrogen-bond donors (Lipinski definition) is 1. The van der Waals surface area contributed by atoms with Gasteiger partial charge >= 0.3 is 5.63 Å². The summed E-state index contributed by atoms with van der Waals surface area (Å²) < 4.78 is 5.13. The van der Waals surface area contributed by atoms with Crippen molar-refractivity contribution in [1.29, 1.82) is 0 Å². The molecule has 0 aliphatic heterocycles. The summed E-state index contributed by atoms with van der Waals surface area (Å²) in [6.45, 7) is 1.74. The van der Waals surface area contributed by atoms with E-state index in [1.165, 1.54) is 36.4 Å². The van der Waals surface area contributed by atoms with Crippen LogP contribution in [-0.4, -0.2) is 10.0 Å². The lowest BCUT2D eigenvalue weighted by atomic mass is 10.1. The van der Waals surface area contributed by atoms with Gasteiger partial charge < -0.3 is 9.52 Å². The molecule has 0 bridgehead atoms. The van der Waals surface area contributed by atoms with E-state index in [-0.39, 0.29) is 22.7 Å². The molecule has 8 nitrogen and oxygen atoms in total. The third-order valence-corrected chi connectivity index (χ3v) is 3.40. The lowest BCUT2D eigenvalue weighted by Gasteiger charge is -2.04.